The van der Waals surface area contributed by atoms with E-state index >= 15 is 0 Å². The van der Waals surface area contributed by atoms with Crippen molar-refractivity contribution in [2.75, 3.05) is 12.4 Å². The molecule has 1 amide bonds. The third kappa shape index (κ3) is 6.75. The Morgan fingerprint density at radius 3 is 2.44 bits per heavy atom. The number of thiophene rings is 1. The second-order valence-electron chi connectivity index (χ2n) is 5.59. The Hall–Kier alpha value is -1.71. The molecule has 0 unspecified atom stereocenters. The van der Waals surface area contributed by atoms with Crippen molar-refractivity contribution in [3.05, 3.63) is 45.6 Å². The second kappa shape index (κ2) is 10.6. The summed E-state index contributed by atoms with van der Waals surface area (Å²) in [6.07, 6.45) is -1.43. The number of halogens is 3. The van der Waals surface area contributed by atoms with E-state index in [-0.39, 0.29) is 7.43 Å². The minimum Gasteiger partial charge on any atom is -0.387 e. The molecule has 0 spiro atoms. The van der Waals surface area contributed by atoms with Crippen molar-refractivity contribution >= 4 is 35.2 Å². The maximum absolute atomic E-state index is 12.7. The van der Waals surface area contributed by atoms with Gasteiger partial charge < -0.3 is 5.32 Å². The lowest BCUT2D eigenvalue weighted by Gasteiger charge is -2.13. The molecule has 1 fully saturated rings. The molecule has 4 N–H and O–H groups in total. The van der Waals surface area contributed by atoms with Gasteiger partial charge in [-0.25, -0.2) is 5.84 Å². The number of hydrogen-bond acceptors (Lipinski definition) is 5. The van der Waals surface area contributed by atoms with Crippen LogP contribution in [0, 0.1) is 0 Å². The molecule has 1 aliphatic rings. The molecular formula is C18H24F3N3OS2. The number of rotatable bonds is 6. The minimum atomic E-state index is -4.24. The molecule has 1 aromatic carbocycles. The largest absolute Gasteiger partial charge is 0.425 e. The van der Waals surface area contributed by atoms with Gasteiger partial charge in [0, 0.05) is 28.3 Å². The zero-order chi connectivity index (χ0) is 19.2. The van der Waals surface area contributed by atoms with Crippen molar-refractivity contribution < 1.29 is 18.0 Å². The van der Waals surface area contributed by atoms with Crippen molar-refractivity contribution in [1.82, 2.24) is 5.43 Å². The minimum absolute atomic E-state index is 0. The van der Waals surface area contributed by atoms with E-state index in [1.54, 1.807) is 23.3 Å². The van der Waals surface area contributed by atoms with E-state index in [2.05, 4.69) is 17.2 Å². The molecule has 9 heteroatoms. The molecule has 0 atom stereocenters. The molecule has 0 saturated heterocycles. The summed E-state index contributed by atoms with van der Waals surface area (Å²) < 4.78 is 38.0. The SMILES string of the molecule is C.CNc1cccc(C2CC2)c1SCc1ccc(C(F)(F)F)s1.NNC=O. The van der Waals surface area contributed by atoms with Crippen LogP contribution in [0.15, 0.2) is 35.2 Å². The van der Waals surface area contributed by atoms with E-state index in [0.717, 1.165) is 21.9 Å². The smallest absolute Gasteiger partial charge is 0.387 e. The predicted octanol–water partition coefficient (Wildman–Crippen LogP) is 5.22. The summed E-state index contributed by atoms with van der Waals surface area (Å²) in [5, 5.41) is 3.19. The monoisotopic (exact) mass is 419 g/mol. The van der Waals surface area contributed by atoms with Gasteiger partial charge in [0.2, 0.25) is 6.41 Å². The lowest BCUT2D eigenvalue weighted by atomic mass is 10.1. The topological polar surface area (TPSA) is 67.2 Å². The first-order chi connectivity index (χ1) is 12.4. The second-order valence-corrected chi connectivity index (χ2v) is 7.74. The lowest BCUT2D eigenvalue weighted by Crippen LogP contribution is -2.18. The van der Waals surface area contributed by atoms with Crippen LogP contribution in [0.25, 0.3) is 0 Å². The van der Waals surface area contributed by atoms with E-state index in [0.29, 0.717) is 18.1 Å². The van der Waals surface area contributed by atoms with Crippen LogP contribution < -0.4 is 16.6 Å². The molecule has 4 nitrogen and oxygen atoms in total. The summed E-state index contributed by atoms with van der Waals surface area (Å²) >= 11 is 2.46. The lowest BCUT2D eigenvalue weighted by molar-refractivity contribution is -0.134. The quantitative estimate of drug-likeness (QED) is 0.197. The fraction of sp³-hybridized carbons (Fsp3) is 0.389. The van der Waals surface area contributed by atoms with Gasteiger partial charge >= 0.3 is 6.18 Å². The number of carbonyl (C=O) groups is 1. The Morgan fingerprint density at radius 1 is 1.30 bits per heavy atom. The normalized spacial score (nSPS) is 13.1. The summed E-state index contributed by atoms with van der Waals surface area (Å²) in [6, 6.07) is 8.95. The van der Waals surface area contributed by atoms with Gasteiger partial charge in [0.05, 0.1) is 0 Å². The number of carbonyl (C=O) groups excluding carboxylic acids is 1. The first-order valence-corrected chi connectivity index (χ1v) is 9.70. The maximum Gasteiger partial charge on any atom is 0.425 e. The standard InChI is InChI=1S/C16H16F3NS2.CH4N2O.CH4/c1-20-13-4-2-3-12(10-5-6-10)15(13)21-9-11-7-8-14(22-11)16(17,18)19;2-3-1-4;/h2-4,7-8,10,20H,5-6,9H2,1H3;1H,2H2,(H,3,4);1H4. The fourth-order valence-electron chi connectivity index (χ4n) is 2.38. The molecule has 0 radical (unpaired) electrons. The first-order valence-electron chi connectivity index (χ1n) is 7.89. The predicted molar refractivity (Wildman–Crippen MR) is 107 cm³/mol. The van der Waals surface area contributed by atoms with Crippen LogP contribution in [0.5, 0.6) is 0 Å². The maximum atomic E-state index is 12.7. The number of anilines is 1. The van der Waals surface area contributed by atoms with Gasteiger partial charge in [0.1, 0.15) is 4.88 Å². The number of hydrazine groups is 1. The Labute approximate surface area is 165 Å². The summed E-state index contributed by atoms with van der Waals surface area (Å²) in [5.74, 6) is 5.59. The van der Waals surface area contributed by atoms with Crippen LogP contribution in [0.3, 0.4) is 0 Å². The molecule has 1 saturated carbocycles. The van der Waals surface area contributed by atoms with Gasteiger partial charge in [0.25, 0.3) is 0 Å². The third-order valence-electron chi connectivity index (χ3n) is 3.70. The van der Waals surface area contributed by atoms with Gasteiger partial charge in [-0.05, 0) is 42.5 Å². The van der Waals surface area contributed by atoms with Crippen molar-refractivity contribution in [2.24, 2.45) is 5.84 Å². The van der Waals surface area contributed by atoms with E-state index < -0.39 is 11.1 Å². The molecule has 1 aromatic heterocycles. The number of alkyl halides is 3. The molecule has 27 heavy (non-hydrogen) atoms. The highest BCUT2D eigenvalue weighted by Crippen LogP contribution is 2.47. The van der Waals surface area contributed by atoms with Crippen molar-refractivity contribution in [3.63, 3.8) is 0 Å². The molecule has 2 aromatic rings. The van der Waals surface area contributed by atoms with Gasteiger partial charge in [-0.3, -0.25) is 10.2 Å². The fourth-order valence-corrected chi connectivity index (χ4v) is 4.57. The van der Waals surface area contributed by atoms with Crippen LogP contribution in [-0.4, -0.2) is 13.5 Å². The Balaban J connectivity index is 0.000000666. The number of nitrogens with two attached hydrogens (primary N) is 1. The van der Waals surface area contributed by atoms with Gasteiger partial charge in [0.15, 0.2) is 0 Å². The van der Waals surface area contributed by atoms with Gasteiger partial charge in [-0.2, -0.15) is 13.2 Å². The van der Waals surface area contributed by atoms with Gasteiger partial charge in [-0.15, -0.1) is 23.1 Å². The van der Waals surface area contributed by atoms with E-state index in [1.165, 1.54) is 29.4 Å². The summed E-state index contributed by atoms with van der Waals surface area (Å²) in [5.41, 5.74) is 4.13. The van der Waals surface area contributed by atoms with E-state index in [9.17, 15) is 13.2 Å². The van der Waals surface area contributed by atoms with Crippen molar-refractivity contribution in [3.8, 4) is 0 Å². The molecule has 1 heterocycles. The summed E-state index contributed by atoms with van der Waals surface area (Å²) in [6.45, 7) is 0. The Bertz CT molecular complexity index is 731. The van der Waals surface area contributed by atoms with Crippen LogP contribution in [0.1, 0.15) is 41.5 Å². The molecule has 0 bridgehead atoms. The van der Waals surface area contributed by atoms with Crippen LogP contribution in [0.4, 0.5) is 18.9 Å². The molecule has 1 aliphatic carbocycles. The average molecular weight is 420 g/mol. The Morgan fingerprint density at radius 2 is 1.96 bits per heavy atom. The highest BCUT2D eigenvalue weighted by Gasteiger charge is 2.32. The number of hydrogen-bond donors (Lipinski definition) is 3. The van der Waals surface area contributed by atoms with Crippen LogP contribution >= 0.6 is 23.1 Å². The highest BCUT2D eigenvalue weighted by molar-refractivity contribution is 7.98. The van der Waals surface area contributed by atoms with Gasteiger partial charge in [-0.1, -0.05) is 19.6 Å². The number of benzene rings is 1. The zero-order valence-corrected chi connectivity index (χ0v) is 15.7. The van der Waals surface area contributed by atoms with E-state index in [4.69, 9.17) is 4.79 Å². The zero-order valence-electron chi connectivity index (χ0n) is 14.1. The molecule has 150 valence electrons. The highest BCUT2D eigenvalue weighted by atomic mass is 32.2. The third-order valence-corrected chi connectivity index (χ3v) is 6.21. The number of amides is 1. The molecule has 3 rings (SSSR count). The Kier molecular flexibility index (Phi) is 9.14. The average Bonchev–Trinajstić information content (AvgIpc) is 3.35. The van der Waals surface area contributed by atoms with Crippen LogP contribution in [0.2, 0.25) is 0 Å². The molecular weight excluding hydrogens is 395 g/mol. The number of thioether (sulfide) groups is 1. The summed E-state index contributed by atoms with van der Waals surface area (Å²) in [7, 11) is 1.88. The van der Waals surface area contributed by atoms with Crippen LogP contribution in [-0.2, 0) is 16.7 Å². The number of nitrogens with one attached hydrogen (secondary N) is 2. The first kappa shape index (κ1) is 23.3. The summed E-state index contributed by atoms with van der Waals surface area (Å²) in [4.78, 5) is 10.3. The van der Waals surface area contributed by atoms with Crippen molar-refractivity contribution in [2.45, 2.75) is 43.0 Å². The molecule has 0 aliphatic heterocycles. The van der Waals surface area contributed by atoms with E-state index in [1.807, 2.05) is 19.2 Å². The van der Waals surface area contributed by atoms with Crippen molar-refractivity contribution in [1.29, 1.82) is 0 Å².